The van der Waals surface area contributed by atoms with Crippen LogP contribution in [0, 0.1) is 16.0 Å². The summed E-state index contributed by atoms with van der Waals surface area (Å²) in [5.74, 6) is 0.747. The van der Waals surface area contributed by atoms with Crippen molar-refractivity contribution in [1.29, 1.82) is 0 Å². The van der Waals surface area contributed by atoms with Crippen molar-refractivity contribution in [1.82, 2.24) is 5.32 Å². The van der Waals surface area contributed by atoms with Crippen LogP contribution in [0.1, 0.15) is 17.3 Å². The maximum Gasteiger partial charge on any atom is 0.300 e. The van der Waals surface area contributed by atoms with Gasteiger partial charge in [-0.15, -0.1) is 0 Å². The van der Waals surface area contributed by atoms with E-state index < -0.39 is 10.8 Å². The number of benzene rings is 1. The van der Waals surface area contributed by atoms with Crippen LogP contribution in [0.4, 0.5) is 5.69 Å². The second kappa shape index (κ2) is 7.35. The minimum atomic E-state index is -0.636. The van der Waals surface area contributed by atoms with Crippen molar-refractivity contribution in [2.75, 3.05) is 18.6 Å². The predicted octanol–water partition coefficient (Wildman–Crippen LogP) is 2.98. The maximum absolute atomic E-state index is 11.9. The minimum absolute atomic E-state index is 0.00569. The Morgan fingerprint density at radius 3 is 2.84 bits per heavy atom. The van der Waals surface area contributed by atoms with Crippen LogP contribution in [0.15, 0.2) is 18.2 Å². The summed E-state index contributed by atoms with van der Waals surface area (Å²) >= 11 is 7.44. The van der Waals surface area contributed by atoms with Gasteiger partial charge < -0.3 is 5.32 Å². The predicted molar refractivity (Wildman–Crippen MR) is 78.0 cm³/mol. The highest BCUT2D eigenvalue weighted by molar-refractivity contribution is 7.98. The lowest BCUT2D eigenvalue weighted by molar-refractivity contribution is -0.385. The molecule has 0 spiro atoms. The summed E-state index contributed by atoms with van der Waals surface area (Å²) in [6.07, 6.45) is 1.99. The van der Waals surface area contributed by atoms with Gasteiger partial charge in [0.2, 0.25) is 0 Å². The van der Waals surface area contributed by atoms with Gasteiger partial charge in [0.05, 0.1) is 4.92 Å². The lowest BCUT2D eigenvalue weighted by Gasteiger charge is -2.11. The van der Waals surface area contributed by atoms with Gasteiger partial charge in [-0.25, -0.2) is 0 Å². The van der Waals surface area contributed by atoms with E-state index in [-0.39, 0.29) is 16.3 Å². The van der Waals surface area contributed by atoms with Crippen LogP contribution in [-0.2, 0) is 0 Å². The van der Waals surface area contributed by atoms with Crippen LogP contribution in [0.3, 0.4) is 0 Å². The molecule has 0 saturated carbocycles. The Morgan fingerprint density at radius 2 is 2.26 bits per heavy atom. The summed E-state index contributed by atoms with van der Waals surface area (Å²) in [6, 6.07) is 4.32. The molecule has 0 saturated heterocycles. The standard InChI is InChI=1S/C12H15ClN2O3S/c1-8(7-19-2)6-14-12(16)9-4-3-5-10(13)11(9)15(17)18/h3-5,8H,6-7H2,1-2H3,(H,14,16). The normalized spacial score (nSPS) is 11.9. The number of para-hydroxylation sites is 1. The van der Waals surface area contributed by atoms with E-state index in [0.717, 1.165) is 5.75 Å². The van der Waals surface area contributed by atoms with Gasteiger partial charge in [0.25, 0.3) is 5.91 Å². The molecule has 7 heteroatoms. The van der Waals surface area contributed by atoms with Crippen molar-refractivity contribution in [3.05, 3.63) is 38.9 Å². The first-order chi connectivity index (χ1) is 8.97. The average molecular weight is 303 g/mol. The molecule has 1 aromatic carbocycles. The molecule has 1 aromatic rings. The van der Waals surface area contributed by atoms with Crippen molar-refractivity contribution in [3.63, 3.8) is 0 Å². The third-order valence-corrected chi connectivity index (χ3v) is 3.68. The van der Waals surface area contributed by atoms with Crippen molar-refractivity contribution < 1.29 is 9.72 Å². The number of nitrogens with zero attached hydrogens (tertiary/aromatic N) is 1. The molecular weight excluding hydrogens is 288 g/mol. The number of hydrogen-bond donors (Lipinski definition) is 1. The highest BCUT2D eigenvalue weighted by Gasteiger charge is 2.23. The monoisotopic (exact) mass is 302 g/mol. The van der Waals surface area contributed by atoms with E-state index in [2.05, 4.69) is 5.32 Å². The van der Waals surface area contributed by atoms with Crippen molar-refractivity contribution >= 4 is 35.0 Å². The molecule has 1 rings (SSSR count). The summed E-state index contributed by atoms with van der Waals surface area (Å²) < 4.78 is 0. The van der Waals surface area contributed by atoms with Gasteiger partial charge >= 0.3 is 5.69 Å². The van der Waals surface area contributed by atoms with Crippen molar-refractivity contribution in [2.45, 2.75) is 6.92 Å². The zero-order valence-electron chi connectivity index (χ0n) is 10.7. The van der Waals surface area contributed by atoms with E-state index in [9.17, 15) is 14.9 Å². The number of nitro benzene ring substituents is 1. The van der Waals surface area contributed by atoms with E-state index in [0.29, 0.717) is 12.5 Å². The Morgan fingerprint density at radius 1 is 1.58 bits per heavy atom. The number of halogens is 1. The molecule has 0 aromatic heterocycles. The minimum Gasteiger partial charge on any atom is -0.352 e. The second-order valence-electron chi connectivity index (χ2n) is 4.16. The molecule has 0 aliphatic rings. The Kier molecular flexibility index (Phi) is 6.11. The van der Waals surface area contributed by atoms with Crippen LogP contribution in [0.5, 0.6) is 0 Å². The van der Waals surface area contributed by atoms with Gasteiger partial charge in [-0.2, -0.15) is 11.8 Å². The quantitative estimate of drug-likeness (QED) is 0.647. The third-order valence-electron chi connectivity index (χ3n) is 2.48. The molecule has 0 fully saturated rings. The molecule has 1 atom stereocenters. The molecule has 0 heterocycles. The van der Waals surface area contributed by atoms with E-state index in [4.69, 9.17) is 11.6 Å². The fourth-order valence-electron chi connectivity index (χ4n) is 1.59. The van der Waals surface area contributed by atoms with Crippen LogP contribution in [-0.4, -0.2) is 29.4 Å². The molecule has 0 bridgehead atoms. The van der Waals surface area contributed by atoms with Crippen molar-refractivity contribution in [2.24, 2.45) is 5.92 Å². The Bertz CT molecular complexity index is 482. The molecule has 1 amide bonds. The highest BCUT2D eigenvalue weighted by atomic mass is 35.5. The maximum atomic E-state index is 11.9. The lowest BCUT2D eigenvalue weighted by atomic mass is 10.1. The Balaban J connectivity index is 2.83. The smallest absolute Gasteiger partial charge is 0.300 e. The fourth-order valence-corrected chi connectivity index (χ4v) is 2.52. The number of rotatable bonds is 6. The van der Waals surface area contributed by atoms with E-state index in [1.165, 1.54) is 18.2 Å². The van der Waals surface area contributed by atoms with Gasteiger partial charge in [0.1, 0.15) is 10.6 Å². The number of carbonyl (C=O) groups is 1. The zero-order chi connectivity index (χ0) is 14.4. The zero-order valence-corrected chi connectivity index (χ0v) is 12.3. The summed E-state index contributed by atoms with van der Waals surface area (Å²) in [4.78, 5) is 22.2. The number of amides is 1. The highest BCUT2D eigenvalue weighted by Crippen LogP contribution is 2.28. The van der Waals surface area contributed by atoms with Gasteiger partial charge in [-0.05, 0) is 30.1 Å². The van der Waals surface area contributed by atoms with Crippen LogP contribution in [0.2, 0.25) is 5.02 Å². The van der Waals surface area contributed by atoms with Gasteiger partial charge in [-0.1, -0.05) is 24.6 Å². The van der Waals surface area contributed by atoms with E-state index >= 15 is 0 Å². The molecule has 104 valence electrons. The van der Waals surface area contributed by atoms with Crippen LogP contribution >= 0.6 is 23.4 Å². The first-order valence-electron chi connectivity index (χ1n) is 5.67. The van der Waals surface area contributed by atoms with Crippen LogP contribution < -0.4 is 5.32 Å². The van der Waals surface area contributed by atoms with E-state index in [1.54, 1.807) is 11.8 Å². The number of nitrogens with one attached hydrogen (secondary N) is 1. The number of thioether (sulfide) groups is 1. The Hall–Kier alpha value is -1.27. The summed E-state index contributed by atoms with van der Waals surface area (Å²) in [5.41, 5.74) is -0.354. The molecule has 5 nitrogen and oxygen atoms in total. The first-order valence-corrected chi connectivity index (χ1v) is 7.44. The van der Waals surface area contributed by atoms with Crippen LogP contribution in [0.25, 0.3) is 0 Å². The molecule has 0 aliphatic heterocycles. The van der Waals surface area contributed by atoms with Gasteiger partial charge in [0, 0.05) is 6.54 Å². The molecule has 19 heavy (non-hydrogen) atoms. The molecule has 0 radical (unpaired) electrons. The Labute approximate surface area is 120 Å². The number of carbonyl (C=O) groups excluding carboxylic acids is 1. The number of nitro groups is 1. The summed E-state index contributed by atoms with van der Waals surface area (Å²) in [7, 11) is 0. The second-order valence-corrected chi connectivity index (χ2v) is 5.48. The topological polar surface area (TPSA) is 72.2 Å². The number of hydrogen-bond acceptors (Lipinski definition) is 4. The molecular formula is C12H15ClN2O3S. The fraction of sp³-hybridized carbons (Fsp3) is 0.417. The first kappa shape index (κ1) is 15.8. The van der Waals surface area contributed by atoms with E-state index in [1.807, 2.05) is 13.2 Å². The van der Waals surface area contributed by atoms with Crippen molar-refractivity contribution in [3.8, 4) is 0 Å². The average Bonchev–Trinajstić information content (AvgIpc) is 2.35. The molecule has 0 aliphatic carbocycles. The lowest BCUT2D eigenvalue weighted by Crippen LogP contribution is -2.29. The largest absolute Gasteiger partial charge is 0.352 e. The van der Waals surface area contributed by atoms with Gasteiger partial charge in [-0.3, -0.25) is 14.9 Å². The molecule has 1 unspecified atom stereocenters. The summed E-state index contributed by atoms with van der Waals surface area (Å²) in [5, 5.41) is 13.6. The molecule has 1 N–H and O–H groups in total. The van der Waals surface area contributed by atoms with Gasteiger partial charge in [0.15, 0.2) is 0 Å². The third kappa shape index (κ3) is 4.40. The summed E-state index contributed by atoms with van der Waals surface area (Å²) in [6.45, 7) is 2.48. The SMILES string of the molecule is CSCC(C)CNC(=O)c1cccc(Cl)c1[N+](=O)[O-].